The summed E-state index contributed by atoms with van der Waals surface area (Å²) >= 11 is 0. The van der Waals surface area contributed by atoms with Crippen molar-refractivity contribution in [1.29, 1.82) is 0 Å². The molecule has 0 saturated heterocycles. The van der Waals surface area contributed by atoms with Gasteiger partial charge in [0, 0.05) is 92.4 Å². The highest BCUT2D eigenvalue weighted by Crippen LogP contribution is 2.52. The number of fused-ring (bicyclic) bond motifs is 8. The second-order valence-corrected chi connectivity index (χ2v) is 20.3. The van der Waals surface area contributed by atoms with Gasteiger partial charge < -0.3 is 40.9 Å². The zero-order valence-electron chi connectivity index (χ0n) is 42.3. The zero-order chi connectivity index (χ0) is 49.0. The summed E-state index contributed by atoms with van der Waals surface area (Å²) in [7, 11) is 0. The molecule has 0 amide bonds. The number of benzene rings is 4. The van der Waals surface area contributed by atoms with Crippen LogP contribution in [0.5, 0.6) is 46.0 Å². The van der Waals surface area contributed by atoms with Gasteiger partial charge in [-0.05, 0) is 49.9 Å². The Bertz CT molecular complexity index is 1740. The summed E-state index contributed by atoms with van der Waals surface area (Å²) in [4.78, 5) is 0. The van der Waals surface area contributed by atoms with E-state index in [4.69, 9.17) is 0 Å². The molecule has 0 heterocycles. The highest BCUT2D eigenvalue weighted by Gasteiger charge is 2.33. The SMILES string of the molecule is CCCCCCCCC1c2cc(c(O)cc2O)C(CCCCCCCC)c2cc(c(O)cc2O)C(CCCCCCCC)c2cc(c(O)cc2O)C(CCCCCCCC)c2cc1c(O)cc2O. The van der Waals surface area contributed by atoms with Gasteiger partial charge in [-0.15, -0.1) is 0 Å². The molecule has 0 saturated carbocycles. The lowest BCUT2D eigenvalue weighted by atomic mass is 9.76. The molecule has 4 aromatic rings. The monoisotopic (exact) mass is 937 g/mol. The smallest absolute Gasteiger partial charge is 0.123 e. The first-order valence-electron chi connectivity index (χ1n) is 27.2. The second kappa shape index (κ2) is 28.1. The Hall–Kier alpha value is -4.72. The Morgan fingerprint density at radius 2 is 0.368 bits per heavy atom. The van der Waals surface area contributed by atoms with E-state index in [1.807, 2.05) is 24.3 Å². The summed E-state index contributed by atoms with van der Waals surface area (Å²) < 4.78 is 0. The highest BCUT2D eigenvalue weighted by atomic mass is 16.3. The standard InChI is InChI=1S/C60H88O8/c1-5-9-13-17-21-25-29-41-45-33-47(55(63)37-53(45)61)42(30-26-22-18-14-10-6-2)49-35-51(59(67)39-57(49)65)44(32-28-24-20-16-12-8-4)52-36-50(58(66)40-60(52)68)43(31-27-23-19-15-11-7-3)48-34-46(41)54(62)38-56(48)64/h33-44,61-68H,5-32H2,1-4H3. The van der Waals surface area contributed by atoms with Crippen LogP contribution in [-0.4, -0.2) is 40.9 Å². The Balaban J connectivity index is 1.81. The summed E-state index contributed by atoms with van der Waals surface area (Å²) in [6, 6.07) is 13.0. The molecule has 1 aliphatic carbocycles. The van der Waals surface area contributed by atoms with Gasteiger partial charge in [-0.3, -0.25) is 0 Å². The van der Waals surface area contributed by atoms with Crippen molar-refractivity contribution in [2.45, 2.75) is 231 Å². The van der Waals surface area contributed by atoms with Gasteiger partial charge in [-0.1, -0.05) is 182 Å². The lowest BCUT2D eigenvalue weighted by Crippen LogP contribution is -2.11. The third kappa shape index (κ3) is 14.7. The number of hydrogen-bond donors (Lipinski definition) is 8. The maximum Gasteiger partial charge on any atom is 0.123 e. The number of rotatable bonds is 28. The van der Waals surface area contributed by atoms with Crippen LogP contribution in [0, 0.1) is 0 Å². The van der Waals surface area contributed by atoms with E-state index < -0.39 is 23.7 Å². The molecule has 1 aliphatic rings. The van der Waals surface area contributed by atoms with Gasteiger partial charge >= 0.3 is 0 Å². The van der Waals surface area contributed by atoms with E-state index >= 15 is 0 Å². The molecule has 0 spiro atoms. The average Bonchev–Trinajstić information content (AvgIpc) is 3.30. The summed E-state index contributed by atoms with van der Waals surface area (Å²) in [5.41, 5.74) is 4.33. The molecule has 68 heavy (non-hydrogen) atoms. The zero-order valence-corrected chi connectivity index (χ0v) is 42.3. The maximum atomic E-state index is 11.9. The molecule has 0 aliphatic heterocycles. The van der Waals surface area contributed by atoms with Crippen LogP contribution in [0.1, 0.15) is 276 Å². The molecule has 376 valence electrons. The van der Waals surface area contributed by atoms with Crippen LogP contribution in [0.3, 0.4) is 0 Å². The predicted octanol–water partition coefficient (Wildman–Crippen LogP) is 17.2. The van der Waals surface area contributed by atoms with E-state index in [1.165, 1.54) is 24.3 Å². The quantitative estimate of drug-likeness (QED) is 0.0261. The minimum Gasteiger partial charge on any atom is -0.508 e. The molecule has 0 unspecified atom stereocenters. The molecular weight excluding hydrogens is 849 g/mol. The fourth-order valence-corrected chi connectivity index (χ4v) is 11.1. The summed E-state index contributed by atoms with van der Waals surface area (Å²) in [6.45, 7) is 8.78. The van der Waals surface area contributed by atoms with Crippen molar-refractivity contribution < 1.29 is 40.9 Å². The predicted molar refractivity (Wildman–Crippen MR) is 278 cm³/mol. The van der Waals surface area contributed by atoms with Crippen LogP contribution < -0.4 is 0 Å². The lowest BCUT2D eigenvalue weighted by Gasteiger charge is -2.29. The van der Waals surface area contributed by atoms with Crippen LogP contribution >= 0.6 is 0 Å². The molecule has 0 atom stereocenters. The molecule has 0 radical (unpaired) electrons. The van der Waals surface area contributed by atoms with Gasteiger partial charge in [0.15, 0.2) is 0 Å². The van der Waals surface area contributed by atoms with Gasteiger partial charge in [-0.2, -0.15) is 0 Å². The molecule has 8 heteroatoms. The Kier molecular flexibility index (Phi) is 22.4. The van der Waals surface area contributed by atoms with Crippen molar-refractivity contribution in [2.24, 2.45) is 0 Å². The van der Waals surface area contributed by atoms with Crippen molar-refractivity contribution >= 4 is 0 Å². The molecule has 8 bridgehead atoms. The van der Waals surface area contributed by atoms with Gasteiger partial charge in [0.1, 0.15) is 46.0 Å². The Morgan fingerprint density at radius 1 is 0.221 bits per heavy atom. The average molecular weight is 937 g/mol. The Labute approximate surface area is 409 Å². The van der Waals surface area contributed by atoms with E-state index in [0.29, 0.717) is 70.2 Å². The van der Waals surface area contributed by atoms with Gasteiger partial charge in [-0.25, -0.2) is 0 Å². The topological polar surface area (TPSA) is 162 Å². The first kappa shape index (κ1) is 54.2. The highest BCUT2D eigenvalue weighted by molar-refractivity contribution is 5.62. The lowest BCUT2D eigenvalue weighted by molar-refractivity contribution is 0.418. The van der Waals surface area contributed by atoms with Crippen molar-refractivity contribution in [3.05, 3.63) is 93.0 Å². The molecular formula is C60H88O8. The summed E-state index contributed by atoms with van der Waals surface area (Å²) in [5, 5.41) is 95.5. The van der Waals surface area contributed by atoms with Crippen LogP contribution in [-0.2, 0) is 0 Å². The van der Waals surface area contributed by atoms with Crippen LogP contribution in [0.15, 0.2) is 48.5 Å². The Morgan fingerprint density at radius 3 is 0.529 bits per heavy atom. The third-order valence-electron chi connectivity index (χ3n) is 15.1. The van der Waals surface area contributed by atoms with Crippen molar-refractivity contribution in [1.82, 2.24) is 0 Å². The minimum absolute atomic E-state index is 0.102. The fraction of sp³-hybridized carbons (Fsp3) is 0.600. The second-order valence-electron chi connectivity index (χ2n) is 20.3. The van der Waals surface area contributed by atoms with Crippen molar-refractivity contribution in [3.63, 3.8) is 0 Å². The van der Waals surface area contributed by atoms with E-state index in [2.05, 4.69) is 27.7 Å². The van der Waals surface area contributed by atoms with Crippen molar-refractivity contribution in [2.75, 3.05) is 0 Å². The van der Waals surface area contributed by atoms with Gasteiger partial charge in [0.25, 0.3) is 0 Å². The number of unbranched alkanes of at least 4 members (excludes halogenated alkanes) is 20. The molecule has 8 N–H and O–H groups in total. The van der Waals surface area contributed by atoms with E-state index in [9.17, 15) is 40.9 Å². The summed E-state index contributed by atoms with van der Waals surface area (Å²) in [5.74, 6) is -2.96. The molecule has 4 aromatic carbocycles. The summed E-state index contributed by atoms with van der Waals surface area (Å²) in [6.07, 6.45) is 27.3. The number of aromatic hydroxyl groups is 8. The minimum atomic E-state index is -0.535. The van der Waals surface area contributed by atoms with Crippen molar-refractivity contribution in [3.8, 4) is 46.0 Å². The molecule has 8 nitrogen and oxygen atoms in total. The van der Waals surface area contributed by atoms with Gasteiger partial charge in [0.2, 0.25) is 0 Å². The normalized spacial score (nSPS) is 16.9. The van der Waals surface area contributed by atoms with E-state index in [0.717, 1.165) is 154 Å². The van der Waals surface area contributed by atoms with Crippen LogP contribution in [0.4, 0.5) is 0 Å². The molecule has 5 rings (SSSR count). The van der Waals surface area contributed by atoms with Gasteiger partial charge in [0.05, 0.1) is 0 Å². The molecule has 0 aromatic heterocycles. The van der Waals surface area contributed by atoms with Crippen LogP contribution in [0.2, 0.25) is 0 Å². The van der Waals surface area contributed by atoms with Crippen LogP contribution in [0.25, 0.3) is 0 Å². The molecule has 0 fully saturated rings. The largest absolute Gasteiger partial charge is 0.508 e. The number of hydrogen-bond acceptors (Lipinski definition) is 8. The fourth-order valence-electron chi connectivity index (χ4n) is 11.1. The first-order valence-corrected chi connectivity index (χ1v) is 27.2. The number of phenolic OH excluding ortho intramolecular Hbond substituents is 8. The van der Waals surface area contributed by atoms with E-state index in [-0.39, 0.29) is 46.0 Å². The maximum absolute atomic E-state index is 11.9. The third-order valence-corrected chi connectivity index (χ3v) is 15.1. The van der Waals surface area contributed by atoms with E-state index in [1.54, 1.807) is 0 Å². The number of phenols is 8. The first-order chi connectivity index (χ1) is 32.9.